The summed E-state index contributed by atoms with van der Waals surface area (Å²) in [5.74, 6) is 0.108. The predicted octanol–water partition coefficient (Wildman–Crippen LogP) is 3.15. The van der Waals surface area contributed by atoms with Gasteiger partial charge in [0.2, 0.25) is 0 Å². The summed E-state index contributed by atoms with van der Waals surface area (Å²) in [6, 6.07) is 4.74. The molecule has 0 N–H and O–H groups in total. The molecule has 1 heterocycles. The highest BCUT2D eigenvalue weighted by Crippen LogP contribution is 2.28. The second-order valence-corrected chi connectivity index (χ2v) is 6.44. The molecule has 1 aromatic rings. The van der Waals surface area contributed by atoms with Crippen molar-refractivity contribution < 1.29 is 9.72 Å². The molecule has 0 radical (unpaired) electrons. The van der Waals surface area contributed by atoms with Gasteiger partial charge in [-0.3, -0.25) is 14.9 Å². The molecule has 1 amide bonds. The number of rotatable bonds is 2. The Kier molecular flexibility index (Phi) is 4.42. The van der Waals surface area contributed by atoms with Crippen LogP contribution in [0.15, 0.2) is 18.2 Å². The van der Waals surface area contributed by atoms with E-state index in [1.54, 1.807) is 24.0 Å². The van der Waals surface area contributed by atoms with Crippen LogP contribution in [-0.4, -0.2) is 33.6 Å². The number of alkyl halides is 1. The number of nitro groups is 1. The molecule has 1 fully saturated rings. The van der Waals surface area contributed by atoms with Gasteiger partial charge in [0, 0.05) is 24.0 Å². The van der Waals surface area contributed by atoms with Crippen LogP contribution >= 0.6 is 15.9 Å². The number of hydrogen-bond acceptors (Lipinski definition) is 3. The maximum atomic E-state index is 12.6. The first kappa shape index (κ1) is 15.0. The Labute approximate surface area is 126 Å². The smallest absolute Gasteiger partial charge is 0.282 e. The molecule has 1 aromatic carbocycles. The molecule has 108 valence electrons. The monoisotopic (exact) mass is 340 g/mol. The molecule has 0 bridgehead atoms. The summed E-state index contributed by atoms with van der Waals surface area (Å²) in [7, 11) is 0. The molecular weight excluding hydrogens is 324 g/mol. The normalized spacial score (nSPS) is 22.6. The average Bonchev–Trinajstić information content (AvgIpc) is 2.40. The molecule has 5 nitrogen and oxygen atoms in total. The molecule has 2 rings (SSSR count). The molecule has 2 atom stereocenters. The van der Waals surface area contributed by atoms with Gasteiger partial charge in [0.25, 0.3) is 11.6 Å². The number of amides is 1. The van der Waals surface area contributed by atoms with E-state index in [9.17, 15) is 14.9 Å². The summed E-state index contributed by atoms with van der Waals surface area (Å²) in [5.41, 5.74) is 0.763. The summed E-state index contributed by atoms with van der Waals surface area (Å²) < 4.78 is 0. The molecule has 1 aliphatic heterocycles. The molecule has 2 unspecified atom stereocenters. The largest absolute Gasteiger partial charge is 0.338 e. The minimum Gasteiger partial charge on any atom is -0.338 e. The Morgan fingerprint density at radius 3 is 2.80 bits per heavy atom. The summed E-state index contributed by atoms with van der Waals surface area (Å²) >= 11 is 3.59. The van der Waals surface area contributed by atoms with Gasteiger partial charge in [0.05, 0.1) is 4.92 Å². The number of aryl methyl sites for hydroxylation is 1. The Morgan fingerprint density at radius 2 is 2.20 bits per heavy atom. The van der Waals surface area contributed by atoms with E-state index in [-0.39, 0.29) is 17.2 Å². The lowest BCUT2D eigenvalue weighted by Crippen LogP contribution is -2.43. The number of benzene rings is 1. The van der Waals surface area contributed by atoms with E-state index < -0.39 is 4.92 Å². The van der Waals surface area contributed by atoms with Crippen molar-refractivity contribution in [1.82, 2.24) is 4.90 Å². The standard InChI is InChI=1S/C14H17BrN2O3/c1-9-4-3-5-12(17(19)20)13(9)14(18)16-7-6-11(15)10(2)8-16/h3-5,10-11H,6-8H2,1-2H3. The highest BCUT2D eigenvalue weighted by atomic mass is 79.9. The van der Waals surface area contributed by atoms with Gasteiger partial charge >= 0.3 is 0 Å². The zero-order chi connectivity index (χ0) is 14.9. The zero-order valence-electron chi connectivity index (χ0n) is 11.5. The van der Waals surface area contributed by atoms with Gasteiger partial charge in [0.15, 0.2) is 0 Å². The van der Waals surface area contributed by atoms with Crippen molar-refractivity contribution in [1.29, 1.82) is 0 Å². The predicted molar refractivity (Wildman–Crippen MR) is 80.2 cm³/mol. The summed E-state index contributed by atoms with van der Waals surface area (Å²) in [6.07, 6.45) is 0.868. The molecule has 0 aliphatic carbocycles. The molecule has 6 heteroatoms. The van der Waals surface area contributed by atoms with E-state index in [2.05, 4.69) is 22.9 Å². The average molecular weight is 341 g/mol. The van der Waals surface area contributed by atoms with Gasteiger partial charge in [-0.1, -0.05) is 35.0 Å². The highest BCUT2D eigenvalue weighted by Gasteiger charge is 2.31. The van der Waals surface area contributed by atoms with Crippen molar-refractivity contribution in [3.63, 3.8) is 0 Å². The first-order chi connectivity index (χ1) is 9.41. The van der Waals surface area contributed by atoms with Gasteiger partial charge < -0.3 is 4.90 Å². The van der Waals surface area contributed by atoms with Crippen LogP contribution in [-0.2, 0) is 0 Å². The van der Waals surface area contributed by atoms with Crippen molar-refractivity contribution in [2.24, 2.45) is 5.92 Å². The Hall–Kier alpha value is -1.43. The Balaban J connectivity index is 2.32. The second kappa shape index (κ2) is 5.91. The number of nitro benzene ring substituents is 1. The van der Waals surface area contributed by atoms with Crippen LogP contribution in [0.3, 0.4) is 0 Å². The van der Waals surface area contributed by atoms with E-state index in [0.717, 1.165) is 6.42 Å². The lowest BCUT2D eigenvalue weighted by Gasteiger charge is -2.34. The molecule has 0 saturated carbocycles. The van der Waals surface area contributed by atoms with Crippen LogP contribution in [0, 0.1) is 23.0 Å². The van der Waals surface area contributed by atoms with Gasteiger partial charge in [-0.15, -0.1) is 0 Å². The summed E-state index contributed by atoms with van der Waals surface area (Å²) in [4.78, 5) is 25.3. The minimum absolute atomic E-state index is 0.108. The van der Waals surface area contributed by atoms with Crippen LogP contribution in [0.5, 0.6) is 0 Å². The minimum atomic E-state index is -0.485. The van der Waals surface area contributed by atoms with Crippen LogP contribution in [0.25, 0.3) is 0 Å². The Bertz CT molecular complexity index is 547. The fourth-order valence-corrected chi connectivity index (χ4v) is 2.91. The quantitative estimate of drug-likeness (QED) is 0.472. The molecular formula is C14H17BrN2O3. The van der Waals surface area contributed by atoms with Gasteiger partial charge in [0.1, 0.15) is 5.56 Å². The summed E-state index contributed by atoms with van der Waals surface area (Å²) in [6.45, 7) is 5.07. The van der Waals surface area contributed by atoms with Gasteiger partial charge in [-0.25, -0.2) is 0 Å². The van der Waals surface area contributed by atoms with E-state index >= 15 is 0 Å². The number of hydrogen-bond donors (Lipinski definition) is 0. The number of carbonyl (C=O) groups excluding carboxylic acids is 1. The van der Waals surface area contributed by atoms with Crippen LogP contribution in [0.4, 0.5) is 5.69 Å². The maximum Gasteiger partial charge on any atom is 0.282 e. The lowest BCUT2D eigenvalue weighted by atomic mass is 9.98. The number of likely N-dealkylation sites (tertiary alicyclic amines) is 1. The third-order valence-electron chi connectivity index (χ3n) is 3.75. The van der Waals surface area contributed by atoms with E-state index in [1.807, 2.05) is 0 Å². The van der Waals surface area contributed by atoms with E-state index in [4.69, 9.17) is 0 Å². The third kappa shape index (κ3) is 2.85. The molecule has 0 spiro atoms. The second-order valence-electron chi connectivity index (χ2n) is 5.26. The molecule has 20 heavy (non-hydrogen) atoms. The first-order valence-corrected chi connectivity index (χ1v) is 7.50. The maximum absolute atomic E-state index is 12.6. The molecule has 0 aromatic heterocycles. The van der Waals surface area contributed by atoms with Crippen LogP contribution < -0.4 is 0 Å². The fourth-order valence-electron chi connectivity index (χ4n) is 2.54. The van der Waals surface area contributed by atoms with E-state index in [0.29, 0.717) is 29.4 Å². The SMILES string of the molecule is Cc1cccc([N+](=O)[O-])c1C(=O)N1CCC(Br)C(C)C1. The van der Waals surface area contributed by atoms with Gasteiger partial charge in [-0.05, 0) is 24.8 Å². The van der Waals surface area contributed by atoms with Crippen LogP contribution in [0.2, 0.25) is 0 Å². The topological polar surface area (TPSA) is 63.5 Å². The lowest BCUT2D eigenvalue weighted by molar-refractivity contribution is -0.385. The van der Waals surface area contributed by atoms with Crippen molar-refractivity contribution >= 4 is 27.5 Å². The number of nitrogens with zero attached hydrogens (tertiary/aromatic N) is 2. The van der Waals surface area contributed by atoms with Crippen LogP contribution in [0.1, 0.15) is 29.3 Å². The number of carbonyl (C=O) groups is 1. The summed E-state index contributed by atoms with van der Waals surface area (Å²) in [5, 5.41) is 11.1. The number of piperidine rings is 1. The van der Waals surface area contributed by atoms with Crippen molar-refractivity contribution in [2.75, 3.05) is 13.1 Å². The van der Waals surface area contributed by atoms with Gasteiger partial charge in [-0.2, -0.15) is 0 Å². The van der Waals surface area contributed by atoms with Crippen molar-refractivity contribution in [2.45, 2.75) is 25.1 Å². The fraction of sp³-hybridized carbons (Fsp3) is 0.500. The molecule has 1 aliphatic rings. The zero-order valence-corrected chi connectivity index (χ0v) is 13.1. The first-order valence-electron chi connectivity index (χ1n) is 6.59. The number of halogens is 1. The van der Waals surface area contributed by atoms with E-state index in [1.165, 1.54) is 6.07 Å². The highest BCUT2D eigenvalue weighted by molar-refractivity contribution is 9.09. The van der Waals surface area contributed by atoms with Crippen molar-refractivity contribution in [3.8, 4) is 0 Å². The third-order valence-corrected chi connectivity index (χ3v) is 5.11. The van der Waals surface area contributed by atoms with Crippen molar-refractivity contribution in [3.05, 3.63) is 39.4 Å². The Morgan fingerprint density at radius 1 is 1.50 bits per heavy atom. The molecule has 1 saturated heterocycles.